The summed E-state index contributed by atoms with van der Waals surface area (Å²) in [6, 6.07) is 77.2. The lowest BCUT2D eigenvalue weighted by Gasteiger charge is -2.21. The summed E-state index contributed by atoms with van der Waals surface area (Å²) in [5.74, 6) is 0. The van der Waals surface area contributed by atoms with Crippen LogP contribution in [0.1, 0.15) is 36.1 Å². The first-order valence-electron chi connectivity index (χ1n) is 24.4. The topological polar surface area (TPSA) is 0 Å². The minimum atomic E-state index is 1.01. The van der Waals surface area contributed by atoms with Crippen LogP contribution in [0.15, 0.2) is 218 Å². The predicted molar refractivity (Wildman–Crippen MR) is 300 cm³/mol. The van der Waals surface area contributed by atoms with Crippen molar-refractivity contribution in [3.63, 3.8) is 0 Å². The lowest BCUT2D eigenvalue weighted by atomic mass is 9.83. The van der Waals surface area contributed by atoms with Gasteiger partial charge in [0.05, 0.1) is 0 Å². The molecule has 11 aromatic carbocycles. The maximum atomic E-state index is 2.51. The van der Waals surface area contributed by atoms with Gasteiger partial charge in [-0.3, -0.25) is 0 Å². The molecule has 1 heteroatoms. The van der Waals surface area contributed by atoms with Gasteiger partial charge in [-0.2, -0.15) is 0 Å². The summed E-state index contributed by atoms with van der Waals surface area (Å²) >= 11 is 1.92. The van der Waals surface area contributed by atoms with Crippen molar-refractivity contribution in [3.8, 4) is 43.8 Å². The Hall–Kier alpha value is -8.10. The fourth-order valence-corrected chi connectivity index (χ4v) is 12.8. The maximum Gasteiger partial charge on any atom is 0.0349 e. The Morgan fingerprint density at radius 1 is 0.275 bits per heavy atom. The number of benzene rings is 11. The summed E-state index contributed by atoms with van der Waals surface area (Å²) in [5.41, 5.74) is 13.2. The van der Waals surface area contributed by atoms with E-state index in [0.29, 0.717) is 0 Å². The molecular weight excluding hydrogens is 849 g/mol. The fraction of sp³-hybridized carbons (Fsp3) is 0.0588. The van der Waals surface area contributed by atoms with Crippen LogP contribution in [-0.2, 0) is 0 Å². The van der Waals surface area contributed by atoms with Crippen LogP contribution in [0.4, 0.5) is 0 Å². The van der Waals surface area contributed by atoms with Gasteiger partial charge in [-0.05, 0) is 193 Å². The predicted octanol–water partition coefficient (Wildman–Crippen LogP) is 18.0. The Labute approximate surface area is 405 Å². The molecule has 14 rings (SSSR count). The molecule has 0 N–H and O–H groups in total. The van der Waals surface area contributed by atoms with E-state index in [1.54, 1.807) is 0 Å². The Balaban J connectivity index is 0.886. The third kappa shape index (κ3) is 6.72. The van der Waals surface area contributed by atoms with E-state index in [0.717, 1.165) is 25.7 Å². The van der Waals surface area contributed by atoms with Gasteiger partial charge in [0.1, 0.15) is 0 Å². The van der Waals surface area contributed by atoms with Gasteiger partial charge in [0.2, 0.25) is 0 Å². The molecule has 0 unspecified atom stereocenters. The highest BCUT2D eigenvalue weighted by Gasteiger charge is 2.22. The summed E-state index contributed by atoms with van der Waals surface area (Å²) in [5, 5.41) is 18.2. The largest absolute Gasteiger partial charge is 0.136 e. The Kier molecular flexibility index (Phi) is 9.45. The van der Waals surface area contributed by atoms with E-state index in [-0.39, 0.29) is 0 Å². The molecule has 69 heavy (non-hydrogen) atoms. The Morgan fingerprint density at radius 2 is 0.681 bits per heavy atom. The molecule has 0 amide bonds. The minimum absolute atomic E-state index is 1.01. The smallest absolute Gasteiger partial charge is 0.0349 e. The second kappa shape index (κ2) is 16.3. The molecule has 1 heterocycles. The summed E-state index contributed by atoms with van der Waals surface area (Å²) in [6.07, 6.45) is 14.0. The average molecular weight is 895 g/mol. The van der Waals surface area contributed by atoms with E-state index < -0.39 is 0 Å². The molecule has 0 atom stereocenters. The molecule has 0 saturated heterocycles. The van der Waals surface area contributed by atoms with Crippen LogP contribution in [0, 0.1) is 0 Å². The number of hydrogen-bond donors (Lipinski definition) is 0. The third-order valence-corrected chi connectivity index (χ3v) is 16.2. The van der Waals surface area contributed by atoms with E-state index in [2.05, 4.69) is 231 Å². The number of thiophene rings is 1. The van der Waals surface area contributed by atoms with E-state index in [1.807, 2.05) is 11.3 Å². The molecule has 0 aliphatic heterocycles. The summed E-state index contributed by atoms with van der Waals surface area (Å²) < 4.78 is 0. The van der Waals surface area contributed by atoms with Crippen molar-refractivity contribution in [1.82, 2.24) is 0 Å². The highest BCUT2D eigenvalue weighted by Crippen LogP contribution is 2.47. The lowest BCUT2D eigenvalue weighted by Crippen LogP contribution is -2.33. The zero-order valence-electron chi connectivity index (χ0n) is 38.2. The van der Waals surface area contributed by atoms with Crippen molar-refractivity contribution in [2.45, 2.75) is 25.7 Å². The highest BCUT2D eigenvalue weighted by molar-refractivity contribution is 7.16. The standard InChI is InChI=1S/C68H46S/c1-4-16-48-39-52(32-25-43(48)13-1)66-57-21-9-7-19-55(57)65(56-20-8-10-22-58(56)66)47-30-28-46(29-31-47)63-37-38-64(69-63)51-35-36-61-62(42-51)68(54-34-27-45-15-3-6-18-50(45)41-54)60-24-12-11-23-59(60)67(61)53-33-26-44-14-2-5-17-49(44)40-53/h1-7,9,11-28,30,32-42H,8,10,29,31H2. The zero-order chi connectivity index (χ0) is 45.4. The lowest BCUT2D eigenvalue weighted by molar-refractivity contribution is 1.07. The molecule has 2 aliphatic rings. The highest BCUT2D eigenvalue weighted by atomic mass is 32.1. The molecule has 12 aromatic rings. The molecule has 0 saturated carbocycles. The maximum absolute atomic E-state index is 2.51. The van der Waals surface area contributed by atoms with Crippen molar-refractivity contribution < 1.29 is 0 Å². The number of rotatable bonds is 6. The second-order valence-corrected chi connectivity index (χ2v) is 20.0. The van der Waals surface area contributed by atoms with Crippen LogP contribution in [0.25, 0.3) is 132 Å². The molecule has 0 spiro atoms. The van der Waals surface area contributed by atoms with Gasteiger partial charge in [-0.1, -0.05) is 194 Å². The molecular formula is C68H46S. The van der Waals surface area contributed by atoms with Crippen LogP contribution in [-0.4, -0.2) is 0 Å². The van der Waals surface area contributed by atoms with Crippen molar-refractivity contribution in [2.24, 2.45) is 0 Å². The number of allylic oxidation sites excluding steroid dienone is 4. The van der Waals surface area contributed by atoms with Gasteiger partial charge < -0.3 is 0 Å². The molecule has 0 bridgehead atoms. The van der Waals surface area contributed by atoms with Gasteiger partial charge in [0.15, 0.2) is 0 Å². The summed E-state index contributed by atoms with van der Waals surface area (Å²) in [4.78, 5) is 2.64. The molecule has 2 aliphatic carbocycles. The first-order valence-corrected chi connectivity index (χ1v) is 25.2. The SMILES string of the molecule is C1=C(c2ccc(-c3ccc4c(-c5ccc6ccccc6c5)c5ccccc5c(-c5ccc6ccccc6c5)c4c3)s2)CCC(c2c3c(c(-c4ccc5ccccc5c4)c4ccccc24)=CCCC=3)=C1. The van der Waals surface area contributed by atoms with Crippen LogP contribution >= 0.6 is 11.3 Å². The monoisotopic (exact) mass is 894 g/mol. The van der Waals surface area contributed by atoms with E-state index in [4.69, 9.17) is 0 Å². The molecule has 0 fully saturated rings. The average Bonchev–Trinajstić information content (AvgIpc) is 3.92. The zero-order valence-corrected chi connectivity index (χ0v) is 39.0. The molecule has 0 radical (unpaired) electrons. The fourth-order valence-electron chi connectivity index (χ4n) is 11.7. The minimum Gasteiger partial charge on any atom is -0.136 e. The van der Waals surface area contributed by atoms with Gasteiger partial charge in [0, 0.05) is 9.75 Å². The van der Waals surface area contributed by atoms with Gasteiger partial charge in [-0.25, -0.2) is 0 Å². The van der Waals surface area contributed by atoms with E-state index in [9.17, 15) is 0 Å². The third-order valence-electron chi connectivity index (χ3n) is 15.0. The van der Waals surface area contributed by atoms with Gasteiger partial charge >= 0.3 is 0 Å². The van der Waals surface area contributed by atoms with Crippen molar-refractivity contribution in [3.05, 3.63) is 239 Å². The first-order chi connectivity index (χ1) is 34.2. The quantitative estimate of drug-likeness (QED) is 0.146. The first kappa shape index (κ1) is 40.0. The number of fused-ring (bicyclic) bond motifs is 7. The normalized spacial score (nSPS) is 13.7. The number of hydrogen-bond acceptors (Lipinski definition) is 1. The molecule has 0 nitrogen and oxygen atoms in total. The van der Waals surface area contributed by atoms with Crippen LogP contribution in [0.3, 0.4) is 0 Å². The van der Waals surface area contributed by atoms with Crippen molar-refractivity contribution in [2.75, 3.05) is 0 Å². The summed E-state index contributed by atoms with van der Waals surface area (Å²) in [6.45, 7) is 0. The second-order valence-electron chi connectivity index (χ2n) is 18.9. The van der Waals surface area contributed by atoms with E-state index >= 15 is 0 Å². The molecule has 324 valence electrons. The molecule has 1 aromatic heterocycles. The van der Waals surface area contributed by atoms with Gasteiger partial charge in [-0.15, -0.1) is 11.3 Å². The van der Waals surface area contributed by atoms with Crippen molar-refractivity contribution >= 4 is 99.3 Å². The van der Waals surface area contributed by atoms with Crippen molar-refractivity contribution in [1.29, 1.82) is 0 Å². The van der Waals surface area contributed by atoms with Gasteiger partial charge in [0.25, 0.3) is 0 Å². The van der Waals surface area contributed by atoms with Crippen LogP contribution in [0.2, 0.25) is 0 Å². The van der Waals surface area contributed by atoms with Crippen LogP contribution in [0.5, 0.6) is 0 Å². The van der Waals surface area contributed by atoms with Crippen LogP contribution < -0.4 is 10.4 Å². The Morgan fingerprint density at radius 3 is 1.23 bits per heavy atom. The Bertz CT molecular complexity index is 4310. The summed E-state index contributed by atoms with van der Waals surface area (Å²) in [7, 11) is 0. The van der Waals surface area contributed by atoms with E-state index in [1.165, 1.54) is 140 Å².